The Kier molecular flexibility index (Phi) is 4.96. The topological polar surface area (TPSA) is 24.5 Å². The van der Waals surface area contributed by atoms with Crippen LogP contribution in [-0.2, 0) is 6.42 Å². The molecule has 100 valence electrons. The molecule has 0 aromatic heterocycles. The summed E-state index contributed by atoms with van der Waals surface area (Å²) in [4.78, 5) is 2.42. The van der Waals surface area contributed by atoms with E-state index in [1.54, 1.807) is 19.2 Å². The fourth-order valence-electron chi connectivity index (χ4n) is 2.35. The number of hydrogen-bond donors (Lipinski definition) is 1. The van der Waals surface area contributed by atoms with Crippen molar-refractivity contribution in [3.8, 4) is 5.75 Å². The molecule has 0 aliphatic carbocycles. The highest BCUT2D eigenvalue weighted by Gasteiger charge is 2.10. The number of halogens is 1. The molecule has 2 rings (SSSR count). The molecule has 0 unspecified atom stereocenters. The van der Waals surface area contributed by atoms with Gasteiger partial charge in [-0.15, -0.1) is 0 Å². The van der Waals surface area contributed by atoms with Gasteiger partial charge in [0.15, 0.2) is 0 Å². The van der Waals surface area contributed by atoms with Crippen LogP contribution < -0.4 is 10.1 Å². The maximum absolute atomic E-state index is 13.2. The highest BCUT2D eigenvalue weighted by atomic mass is 19.1. The van der Waals surface area contributed by atoms with Crippen molar-refractivity contribution in [3.05, 3.63) is 29.6 Å². The molecule has 3 nitrogen and oxygen atoms in total. The SMILES string of the molecule is COc1ccc(F)cc1CCN1CCCNCC1. The molecule has 0 saturated carbocycles. The summed E-state index contributed by atoms with van der Waals surface area (Å²) in [7, 11) is 1.63. The molecular weight excluding hydrogens is 231 g/mol. The summed E-state index contributed by atoms with van der Waals surface area (Å²) in [6.45, 7) is 5.28. The first-order chi connectivity index (χ1) is 8.79. The van der Waals surface area contributed by atoms with E-state index in [-0.39, 0.29) is 5.82 Å². The molecule has 1 aliphatic heterocycles. The summed E-state index contributed by atoms with van der Waals surface area (Å²) in [5.41, 5.74) is 0.953. The van der Waals surface area contributed by atoms with Gasteiger partial charge >= 0.3 is 0 Å². The summed E-state index contributed by atoms with van der Waals surface area (Å²) in [5.74, 6) is 0.590. The summed E-state index contributed by atoms with van der Waals surface area (Å²) in [6.07, 6.45) is 2.02. The van der Waals surface area contributed by atoms with E-state index in [4.69, 9.17) is 4.74 Å². The first-order valence-electron chi connectivity index (χ1n) is 6.55. The van der Waals surface area contributed by atoms with E-state index in [2.05, 4.69) is 10.2 Å². The number of methoxy groups -OCH3 is 1. The van der Waals surface area contributed by atoms with Crippen LogP contribution >= 0.6 is 0 Å². The number of rotatable bonds is 4. The van der Waals surface area contributed by atoms with Crippen molar-refractivity contribution < 1.29 is 9.13 Å². The predicted octanol–water partition coefficient (Wildman–Crippen LogP) is 1.67. The highest BCUT2D eigenvalue weighted by Crippen LogP contribution is 2.20. The third kappa shape index (κ3) is 3.68. The molecule has 0 atom stereocenters. The molecule has 18 heavy (non-hydrogen) atoms. The first-order valence-corrected chi connectivity index (χ1v) is 6.55. The second-order valence-electron chi connectivity index (χ2n) is 4.65. The van der Waals surface area contributed by atoms with E-state index in [0.717, 1.165) is 50.5 Å². The van der Waals surface area contributed by atoms with Gasteiger partial charge in [0.05, 0.1) is 7.11 Å². The second kappa shape index (κ2) is 6.71. The zero-order chi connectivity index (χ0) is 12.8. The fraction of sp³-hybridized carbons (Fsp3) is 0.571. The lowest BCUT2D eigenvalue weighted by Gasteiger charge is -2.19. The Balaban J connectivity index is 1.94. The summed E-state index contributed by atoms with van der Waals surface area (Å²) in [5, 5.41) is 3.38. The third-order valence-electron chi connectivity index (χ3n) is 3.37. The lowest BCUT2D eigenvalue weighted by atomic mass is 10.1. The Bertz CT molecular complexity index is 376. The lowest BCUT2D eigenvalue weighted by molar-refractivity contribution is 0.294. The molecule has 4 heteroatoms. The number of benzene rings is 1. The average Bonchev–Trinajstić information content (AvgIpc) is 2.65. The van der Waals surface area contributed by atoms with Crippen molar-refractivity contribution in [1.82, 2.24) is 10.2 Å². The number of ether oxygens (including phenoxy) is 1. The van der Waals surface area contributed by atoms with Crippen LogP contribution in [0.25, 0.3) is 0 Å². The molecule has 1 heterocycles. The Morgan fingerprint density at radius 1 is 1.33 bits per heavy atom. The summed E-state index contributed by atoms with van der Waals surface area (Å²) >= 11 is 0. The maximum Gasteiger partial charge on any atom is 0.123 e. The van der Waals surface area contributed by atoms with Gasteiger partial charge in [0.1, 0.15) is 11.6 Å². The van der Waals surface area contributed by atoms with E-state index in [1.165, 1.54) is 12.5 Å². The van der Waals surface area contributed by atoms with Gasteiger partial charge in [0, 0.05) is 19.6 Å². The van der Waals surface area contributed by atoms with E-state index in [1.807, 2.05) is 0 Å². The highest BCUT2D eigenvalue weighted by molar-refractivity contribution is 5.34. The number of nitrogens with one attached hydrogen (secondary N) is 1. The second-order valence-corrected chi connectivity index (χ2v) is 4.65. The summed E-state index contributed by atoms with van der Waals surface area (Å²) in [6, 6.07) is 4.72. The molecule has 1 aliphatic rings. The minimum Gasteiger partial charge on any atom is -0.496 e. The van der Waals surface area contributed by atoms with Crippen molar-refractivity contribution in [2.45, 2.75) is 12.8 Å². The minimum atomic E-state index is -0.191. The Labute approximate surface area is 108 Å². The molecule has 0 spiro atoms. The van der Waals surface area contributed by atoms with Gasteiger partial charge in [-0.25, -0.2) is 4.39 Å². The molecular formula is C14H21FN2O. The maximum atomic E-state index is 13.2. The van der Waals surface area contributed by atoms with Crippen LogP contribution in [-0.4, -0.2) is 44.7 Å². The van der Waals surface area contributed by atoms with Crippen molar-refractivity contribution in [1.29, 1.82) is 0 Å². The minimum absolute atomic E-state index is 0.191. The third-order valence-corrected chi connectivity index (χ3v) is 3.37. The number of nitrogens with zero attached hydrogens (tertiary/aromatic N) is 1. The molecule has 1 aromatic carbocycles. The first kappa shape index (κ1) is 13.3. The lowest BCUT2D eigenvalue weighted by Crippen LogP contribution is -2.30. The molecule has 0 amide bonds. The van der Waals surface area contributed by atoms with Crippen LogP contribution in [0, 0.1) is 5.82 Å². The van der Waals surface area contributed by atoms with E-state index >= 15 is 0 Å². The molecule has 1 fully saturated rings. The standard InChI is InChI=1S/C14H21FN2O/c1-18-14-4-3-13(15)11-12(14)5-9-17-8-2-6-16-7-10-17/h3-4,11,16H,2,5-10H2,1H3. The van der Waals surface area contributed by atoms with Crippen molar-refractivity contribution in [2.75, 3.05) is 39.8 Å². The van der Waals surface area contributed by atoms with Gasteiger partial charge in [-0.3, -0.25) is 0 Å². The molecule has 0 radical (unpaired) electrons. The van der Waals surface area contributed by atoms with Gasteiger partial charge in [-0.2, -0.15) is 0 Å². The van der Waals surface area contributed by atoms with Crippen molar-refractivity contribution in [2.24, 2.45) is 0 Å². The molecule has 1 saturated heterocycles. The van der Waals surface area contributed by atoms with Gasteiger partial charge < -0.3 is 15.0 Å². The van der Waals surface area contributed by atoms with Gasteiger partial charge in [0.2, 0.25) is 0 Å². The largest absolute Gasteiger partial charge is 0.496 e. The average molecular weight is 252 g/mol. The number of hydrogen-bond acceptors (Lipinski definition) is 3. The van der Waals surface area contributed by atoms with E-state index in [0.29, 0.717) is 0 Å². The molecule has 0 bridgehead atoms. The zero-order valence-electron chi connectivity index (χ0n) is 10.9. The Morgan fingerprint density at radius 3 is 3.06 bits per heavy atom. The van der Waals surface area contributed by atoms with Crippen LogP contribution in [0.1, 0.15) is 12.0 Å². The van der Waals surface area contributed by atoms with E-state index in [9.17, 15) is 4.39 Å². The van der Waals surface area contributed by atoms with Crippen LogP contribution in [0.15, 0.2) is 18.2 Å². The van der Waals surface area contributed by atoms with Crippen LogP contribution in [0.3, 0.4) is 0 Å². The van der Waals surface area contributed by atoms with Gasteiger partial charge in [-0.1, -0.05) is 0 Å². The fourth-order valence-corrected chi connectivity index (χ4v) is 2.35. The van der Waals surface area contributed by atoms with Crippen molar-refractivity contribution >= 4 is 0 Å². The smallest absolute Gasteiger partial charge is 0.123 e. The summed E-state index contributed by atoms with van der Waals surface area (Å²) < 4.78 is 18.5. The monoisotopic (exact) mass is 252 g/mol. The quantitative estimate of drug-likeness (QED) is 0.882. The van der Waals surface area contributed by atoms with E-state index < -0.39 is 0 Å². The predicted molar refractivity (Wildman–Crippen MR) is 70.6 cm³/mol. The van der Waals surface area contributed by atoms with Gasteiger partial charge in [0.25, 0.3) is 0 Å². The van der Waals surface area contributed by atoms with Crippen molar-refractivity contribution in [3.63, 3.8) is 0 Å². The Hall–Kier alpha value is -1.13. The molecule has 1 N–H and O–H groups in total. The zero-order valence-corrected chi connectivity index (χ0v) is 10.9. The van der Waals surface area contributed by atoms with Crippen LogP contribution in [0.4, 0.5) is 4.39 Å². The molecule has 1 aromatic rings. The normalized spacial score (nSPS) is 17.4. The van der Waals surface area contributed by atoms with Crippen LogP contribution in [0.2, 0.25) is 0 Å². The van der Waals surface area contributed by atoms with Gasteiger partial charge in [-0.05, 0) is 49.7 Å². The van der Waals surface area contributed by atoms with Crippen LogP contribution in [0.5, 0.6) is 5.75 Å². The Morgan fingerprint density at radius 2 is 2.22 bits per heavy atom.